The van der Waals surface area contributed by atoms with Gasteiger partial charge in [0.1, 0.15) is 0 Å². The number of carbonyl (C=O) groups is 1. The lowest BCUT2D eigenvalue weighted by atomic mass is 10.1. The second-order valence-electron chi connectivity index (χ2n) is 5.86. The molecule has 0 aliphatic heterocycles. The molecule has 0 saturated carbocycles. The van der Waals surface area contributed by atoms with Crippen molar-refractivity contribution in [1.29, 1.82) is 0 Å². The molecule has 0 rings (SSSR count). The summed E-state index contributed by atoms with van der Waals surface area (Å²) in [6.07, 6.45) is 6.15. The highest BCUT2D eigenvalue weighted by Gasteiger charge is 2.27. The summed E-state index contributed by atoms with van der Waals surface area (Å²) in [6, 6.07) is 0. The highest BCUT2D eigenvalue weighted by molar-refractivity contribution is 7.99. The van der Waals surface area contributed by atoms with Gasteiger partial charge in [-0.05, 0) is 45.9 Å². The quantitative estimate of drug-likeness (QED) is 0.498. The molecule has 0 heterocycles. The number of carboxylic acid groups (broad SMARTS) is 1. The van der Waals surface area contributed by atoms with Crippen LogP contribution in [0, 0.1) is 0 Å². The molecule has 0 aromatic carbocycles. The number of thioether (sulfide) groups is 1. The monoisotopic (exact) mass is 299 g/mol. The van der Waals surface area contributed by atoms with E-state index in [-0.39, 0.29) is 0 Å². The van der Waals surface area contributed by atoms with Gasteiger partial charge in [0, 0.05) is 11.3 Å². The summed E-state index contributed by atoms with van der Waals surface area (Å²) in [5, 5.41) is 9.25. The van der Waals surface area contributed by atoms with Gasteiger partial charge in [-0.3, -0.25) is 4.90 Å². The van der Waals surface area contributed by atoms with E-state index < -0.39 is 11.6 Å². The van der Waals surface area contributed by atoms with Crippen molar-refractivity contribution in [3.8, 4) is 0 Å². The number of amides is 1. The van der Waals surface area contributed by atoms with Gasteiger partial charge >= 0.3 is 6.09 Å². The Balaban J connectivity index is 4.27. The molecule has 0 bridgehead atoms. The van der Waals surface area contributed by atoms with E-state index in [0.29, 0.717) is 5.70 Å². The molecular weight excluding hydrogens is 270 g/mol. The van der Waals surface area contributed by atoms with Crippen molar-refractivity contribution >= 4 is 17.9 Å². The smallest absolute Gasteiger partial charge is 0.412 e. The van der Waals surface area contributed by atoms with Crippen LogP contribution in [0.15, 0.2) is 17.5 Å². The van der Waals surface area contributed by atoms with Crippen LogP contribution in [0.2, 0.25) is 0 Å². The Morgan fingerprint density at radius 2 is 1.95 bits per heavy atom. The van der Waals surface area contributed by atoms with Crippen LogP contribution in [0.3, 0.4) is 0 Å². The normalized spacial score (nSPS) is 10.8. The Morgan fingerprint density at radius 3 is 2.45 bits per heavy atom. The minimum atomic E-state index is -0.928. The SMILES string of the molecule is CCCCCCSCC=C=C(C)N(C(=O)O)C(C)(C)C. The van der Waals surface area contributed by atoms with Gasteiger partial charge in [-0.2, -0.15) is 11.8 Å². The van der Waals surface area contributed by atoms with Crippen molar-refractivity contribution in [1.82, 2.24) is 4.90 Å². The van der Waals surface area contributed by atoms with Gasteiger partial charge in [-0.15, -0.1) is 5.73 Å². The number of hydrogen-bond acceptors (Lipinski definition) is 2. The molecule has 0 radical (unpaired) electrons. The first-order valence-electron chi connectivity index (χ1n) is 7.33. The fraction of sp³-hybridized carbons (Fsp3) is 0.750. The van der Waals surface area contributed by atoms with Gasteiger partial charge in [0.25, 0.3) is 0 Å². The molecule has 0 unspecified atom stereocenters. The summed E-state index contributed by atoms with van der Waals surface area (Å²) in [7, 11) is 0. The first-order chi connectivity index (χ1) is 9.30. The predicted octanol–water partition coefficient (Wildman–Crippen LogP) is 5.14. The van der Waals surface area contributed by atoms with Crippen LogP contribution in [0.5, 0.6) is 0 Å². The standard InChI is InChI=1S/C16H29NO2S/c1-6-7-8-9-12-20-13-10-11-14(2)17(15(18)19)16(3,4)5/h10H,6-9,12-13H2,1-5H3,(H,18,19). The first kappa shape index (κ1) is 19.1. The summed E-state index contributed by atoms with van der Waals surface area (Å²) in [5.41, 5.74) is 3.30. The van der Waals surface area contributed by atoms with E-state index in [1.165, 1.54) is 36.3 Å². The van der Waals surface area contributed by atoms with E-state index in [0.717, 1.165) is 5.75 Å². The van der Waals surface area contributed by atoms with Crippen LogP contribution in [-0.2, 0) is 0 Å². The summed E-state index contributed by atoms with van der Waals surface area (Å²) in [4.78, 5) is 12.6. The van der Waals surface area contributed by atoms with Gasteiger partial charge in [-0.25, -0.2) is 4.79 Å². The lowest BCUT2D eigenvalue weighted by Gasteiger charge is -2.32. The third-order valence-corrected chi connectivity index (χ3v) is 3.83. The molecule has 0 aromatic rings. The molecule has 0 aliphatic carbocycles. The minimum absolute atomic E-state index is 0.440. The summed E-state index contributed by atoms with van der Waals surface area (Å²) in [6.45, 7) is 9.66. The van der Waals surface area contributed by atoms with Crippen LogP contribution < -0.4 is 0 Å². The average molecular weight is 299 g/mol. The maximum Gasteiger partial charge on any atom is 0.412 e. The Labute approximate surface area is 128 Å². The van der Waals surface area contributed by atoms with E-state index in [4.69, 9.17) is 0 Å². The van der Waals surface area contributed by atoms with Crippen LogP contribution in [0.4, 0.5) is 4.79 Å². The third-order valence-electron chi connectivity index (χ3n) is 2.85. The zero-order valence-corrected chi connectivity index (χ0v) is 14.3. The van der Waals surface area contributed by atoms with Gasteiger partial charge in [0.05, 0.1) is 5.70 Å². The van der Waals surface area contributed by atoms with Crippen molar-refractivity contribution < 1.29 is 9.90 Å². The molecule has 1 N–H and O–H groups in total. The first-order valence-corrected chi connectivity index (χ1v) is 8.48. The molecule has 1 amide bonds. The van der Waals surface area contributed by atoms with E-state index in [2.05, 4.69) is 12.7 Å². The lowest BCUT2D eigenvalue weighted by molar-refractivity contribution is 0.122. The highest BCUT2D eigenvalue weighted by atomic mass is 32.2. The molecule has 20 heavy (non-hydrogen) atoms. The van der Waals surface area contributed by atoms with Crippen molar-refractivity contribution in [3.63, 3.8) is 0 Å². The molecule has 0 fully saturated rings. The third kappa shape index (κ3) is 8.34. The van der Waals surface area contributed by atoms with Crippen molar-refractivity contribution in [3.05, 3.63) is 17.5 Å². The van der Waals surface area contributed by atoms with Crippen LogP contribution in [-0.4, -0.2) is 33.1 Å². The predicted molar refractivity (Wildman–Crippen MR) is 88.4 cm³/mol. The second-order valence-corrected chi connectivity index (χ2v) is 7.01. The number of unbranched alkanes of at least 4 members (excludes halogenated alkanes) is 3. The Kier molecular flexibility index (Phi) is 9.52. The topological polar surface area (TPSA) is 40.5 Å². The van der Waals surface area contributed by atoms with Crippen molar-refractivity contribution in [2.75, 3.05) is 11.5 Å². The molecular formula is C16H29NO2S. The molecule has 0 aromatic heterocycles. The zero-order valence-electron chi connectivity index (χ0n) is 13.5. The second kappa shape index (κ2) is 9.95. The van der Waals surface area contributed by atoms with E-state index in [1.807, 2.05) is 38.6 Å². The van der Waals surface area contributed by atoms with Crippen LogP contribution in [0.1, 0.15) is 60.3 Å². The Bertz CT molecular complexity index is 352. The lowest BCUT2D eigenvalue weighted by Crippen LogP contribution is -2.43. The van der Waals surface area contributed by atoms with Gasteiger partial charge in [0.2, 0.25) is 0 Å². The van der Waals surface area contributed by atoms with Crippen LogP contribution >= 0.6 is 11.8 Å². The fourth-order valence-corrected chi connectivity index (χ4v) is 2.74. The Morgan fingerprint density at radius 1 is 1.30 bits per heavy atom. The van der Waals surface area contributed by atoms with Gasteiger partial charge in [0.15, 0.2) is 0 Å². The van der Waals surface area contributed by atoms with Crippen molar-refractivity contribution in [2.45, 2.75) is 65.8 Å². The number of rotatable bonds is 8. The fourth-order valence-electron chi connectivity index (χ4n) is 1.96. The molecule has 3 nitrogen and oxygen atoms in total. The number of hydrogen-bond donors (Lipinski definition) is 1. The number of nitrogens with zero attached hydrogens (tertiary/aromatic N) is 1. The molecule has 0 saturated heterocycles. The van der Waals surface area contributed by atoms with Gasteiger partial charge < -0.3 is 5.11 Å². The minimum Gasteiger partial charge on any atom is -0.465 e. The summed E-state index contributed by atoms with van der Waals surface area (Å²) < 4.78 is 0. The molecule has 0 aliphatic rings. The molecule has 4 heteroatoms. The molecule has 0 spiro atoms. The van der Waals surface area contributed by atoms with E-state index in [1.54, 1.807) is 6.92 Å². The van der Waals surface area contributed by atoms with E-state index >= 15 is 0 Å². The van der Waals surface area contributed by atoms with Crippen LogP contribution in [0.25, 0.3) is 0 Å². The zero-order chi connectivity index (χ0) is 15.6. The summed E-state index contributed by atoms with van der Waals surface area (Å²) >= 11 is 1.88. The Hall–Kier alpha value is -0.860. The molecule has 116 valence electrons. The maximum absolute atomic E-state index is 11.3. The van der Waals surface area contributed by atoms with Gasteiger partial charge in [-0.1, -0.05) is 26.2 Å². The largest absolute Gasteiger partial charge is 0.465 e. The maximum atomic E-state index is 11.3. The highest BCUT2D eigenvalue weighted by Crippen LogP contribution is 2.18. The average Bonchev–Trinajstić information content (AvgIpc) is 2.30. The van der Waals surface area contributed by atoms with E-state index in [9.17, 15) is 9.90 Å². The summed E-state index contributed by atoms with van der Waals surface area (Å²) in [5.74, 6) is 2.06. The molecule has 0 atom stereocenters. The van der Waals surface area contributed by atoms with Crippen molar-refractivity contribution in [2.24, 2.45) is 0 Å².